The van der Waals surface area contributed by atoms with Gasteiger partial charge >= 0.3 is 0 Å². The maximum Gasteiger partial charge on any atom is 0.213 e. The fourth-order valence-corrected chi connectivity index (χ4v) is 2.67. The van der Waals surface area contributed by atoms with Crippen molar-refractivity contribution in [2.45, 2.75) is 12.8 Å². The van der Waals surface area contributed by atoms with Crippen LogP contribution in [0.1, 0.15) is 18.5 Å². The predicted molar refractivity (Wildman–Crippen MR) is 68.1 cm³/mol. The molecule has 3 aliphatic rings. The van der Waals surface area contributed by atoms with Crippen LogP contribution in [0.15, 0.2) is 23.9 Å². The lowest BCUT2D eigenvalue weighted by Crippen LogP contribution is -2.45. The number of methoxy groups -OCH3 is 1. The summed E-state index contributed by atoms with van der Waals surface area (Å²) in [5.74, 6) is 1.08. The summed E-state index contributed by atoms with van der Waals surface area (Å²) in [6, 6.07) is 5.59. The Morgan fingerprint density at radius 1 is 1.39 bits per heavy atom. The zero-order valence-corrected chi connectivity index (χ0v) is 10.4. The number of piperidine rings is 3. The van der Waals surface area contributed by atoms with E-state index in [9.17, 15) is 4.79 Å². The van der Waals surface area contributed by atoms with E-state index in [0.717, 1.165) is 37.3 Å². The Balaban J connectivity index is 1.93. The van der Waals surface area contributed by atoms with Crippen LogP contribution in [0.3, 0.4) is 0 Å². The van der Waals surface area contributed by atoms with Gasteiger partial charge in [-0.15, -0.1) is 0 Å². The molecule has 0 amide bonds. The van der Waals surface area contributed by atoms with Crippen molar-refractivity contribution in [3.8, 4) is 5.88 Å². The fraction of sp³-hybridized carbons (Fsp3) is 0.429. The number of pyridine rings is 1. The van der Waals surface area contributed by atoms with E-state index in [0.29, 0.717) is 5.88 Å². The van der Waals surface area contributed by atoms with E-state index < -0.39 is 0 Å². The zero-order chi connectivity index (χ0) is 12.5. The van der Waals surface area contributed by atoms with Gasteiger partial charge in [0, 0.05) is 25.1 Å². The smallest absolute Gasteiger partial charge is 0.213 e. The third-order valence-corrected chi connectivity index (χ3v) is 3.70. The van der Waals surface area contributed by atoms with Crippen LogP contribution in [-0.4, -0.2) is 35.9 Å². The first-order valence-electron chi connectivity index (χ1n) is 6.30. The van der Waals surface area contributed by atoms with Crippen LogP contribution in [0.2, 0.25) is 0 Å². The van der Waals surface area contributed by atoms with E-state index in [4.69, 9.17) is 4.74 Å². The fourth-order valence-electron chi connectivity index (χ4n) is 2.67. The Labute approximate surface area is 106 Å². The number of ether oxygens (including phenoxy) is 1. The van der Waals surface area contributed by atoms with Gasteiger partial charge in [-0.1, -0.05) is 6.07 Å². The molecule has 3 saturated heterocycles. The van der Waals surface area contributed by atoms with Gasteiger partial charge in [0.2, 0.25) is 5.88 Å². The molecule has 3 fully saturated rings. The first-order chi connectivity index (χ1) is 8.78. The second-order valence-electron chi connectivity index (χ2n) is 4.76. The summed E-state index contributed by atoms with van der Waals surface area (Å²) < 4.78 is 5.09. The Bertz CT molecular complexity index is 502. The summed E-state index contributed by atoms with van der Waals surface area (Å²) in [6.07, 6.45) is 3.89. The van der Waals surface area contributed by atoms with Gasteiger partial charge in [-0.3, -0.25) is 4.79 Å². The lowest BCUT2D eigenvalue weighted by Gasteiger charge is -2.41. The largest absolute Gasteiger partial charge is 0.481 e. The second-order valence-corrected chi connectivity index (χ2v) is 4.76. The van der Waals surface area contributed by atoms with E-state index in [1.165, 1.54) is 0 Å². The topological polar surface area (TPSA) is 42.4 Å². The second kappa shape index (κ2) is 4.44. The molecule has 4 rings (SSSR count). The molecule has 0 spiro atoms. The molecule has 94 valence electrons. The molecule has 0 radical (unpaired) electrons. The van der Waals surface area contributed by atoms with Crippen molar-refractivity contribution in [2.75, 3.05) is 20.2 Å². The summed E-state index contributed by atoms with van der Waals surface area (Å²) >= 11 is 0. The molecular formula is C14H16N2O2. The van der Waals surface area contributed by atoms with Gasteiger partial charge in [-0.25, -0.2) is 4.98 Å². The molecule has 1 aromatic heterocycles. The molecule has 18 heavy (non-hydrogen) atoms. The Hall–Kier alpha value is -1.84. The van der Waals surface area contributed by atoms with E-state index in [2.05, 4.69) is 9.88 Å². The lowest BCUT2D eigenvalue weighted by molar-refractivity contribution is -0.125. The molecular weight excluding hydrogens is 228 g/mol. The number of carbonyl (C=O) groups excluding carboxylic acids is 1. The first-order valence-corrected chi connectivity index (χ1v) is 6.30. The quantitative estimate of drug-likeness (QED) is 0.743. The molecule has 4 nitrogen and oxygen atoms in total. The summed E-state index contributed by atoms with van der Waals surface area (Å²) in [5.41, 5.74) is 1.60. The van der Waals surface area contributed by atoms with Gasteiger partial charge in [0.05, 0.1) is 18.5 Å². The summed E-state index contributed by atoms with van der Waals surface area (Å²) in [7, 11) is 1.59. The molecule has 0 aromatic carbocycles. The van der Waals surface area contributed by atoms with Crippen LogP contribution in [0, 0.1) is 5.92 Å². The van der Waals surface area contributed by atoms with Crippen LogP contribution in [0.4, 0.5) is 0 Å². The maximum absolute atomic E-state index is 12.2. The number of allylic oxidation sites excluding steroid dienone is 1. The number of ketones is 1. The highest BCUT2D eigenvalue weighted by Gasteiger charge is 2.36. The third-order valence-electron chi connectivity index (χ3n) is 3.70. The van der Waals surface area contributed by atoms with Gasteiger partial charge < -0.3 is 9.64 Å². The summed E-state index contributed by atoms with van der Waals surface area (Å²) in [5, 5.41) is 0. The highest BCUT2D eigenvalue weighted by atomic mass is 16.5. The van der Waals surface area contributed by atoms with Gasteiger partial charge in [-0.2, -0.15) is 0 Å². The molecule has 4 heterocycles. The number of nitrogens with zero attached hydrogens (tertiary/aromatic N) is 2. The zero-order valence-electron chi connectivity index (χ0n) is 10.4. The third kappa shape index (κ3) is 1.88. The van der Waals surface area contributed by atoms with Gasteiger partial charge in [0.15, 0.2) is 5.78 Å². The average Bonchev–Trinajstić information content (AvgIpc) is 2.43. The Morgan fingerprint density at radius 3 is 2.83 bits per heavy atom. The van der Waals surface area contributed by atoms with Gasteiger partial charge in [0.25, 0.3) is 0 Å². The van der Waals surface area contributed by atoms with Crippen LogP contribution >= 0.6 is 0 Å². The minimum absolute atomic E-state index is 0.229. The van der Waals surface area contributed by atoms with Crippen molar-refractivity contribution < 1.29 is 9.53 Å². The number of aromatic nitrogens is 1. The number of carbonyl (C=O) groups is 1. The SMILES string of the molecule is COc1cccc(/C=C2/C(=O)C3CCN2CC3)n1. The Kier molecular flexibility index (Phi) is 2.78. The molecule has 3 aliphatic heterocycles. The summed E-state index contributed by atoms with van der Waals surface area (Å²) in [6.45, 7) is 1.98. The number of fused-ring (bicyclic) bond motifs is 3. The standard InChI is InChI=1S/C14H16N2O2/c1-18-13-4-2-3-11(15-13)9-12-14(17)10-5-7-16(12)8-6-10/h2-4,9-10H,5-8H2,1H3/b12-9-. The molecule has 0 unspecified atom stereocenters. The van der Waals surface area contributed by atoms with Crippen molar-refractivity contribution >= 4 is 11.9 Å². The van der Waals surface area contributed by atoms with Crippen molar-refractivity contribution in [3.63, 3.8) is 0 Å². The highest BCUT2D eigenvalue weighted by molar-refractivity contribution is 6.01. The molecule has 0 aliphatic carbocycles. The molecule has 0 atom stereocenters. The van der Waals surface area contributed by atoms with Gasteiger partial charge in [-0.05, 0) is 25.0 Å². The minimum Gasteiger partial charge on any atom is -0.481 e. The lowest BCUT2D eigenvalue weighted by atomic mass is 9.84. The average molecular weight is 244 g/mol. The van der Waals surface area contributed by atoms with Crippen molar-refractivity contribution in [1.82, 2.24) is 9.88 Å². The monoisotopic (exact) mass is 244 g/mol. The van der Waals surface area contributed by atoms with Crippen molar-refractivity contribution in [3.05, 3.63) is 29.6 Å². The number of rotatable bonds is 2. The van der Waals surface area contributed by atoms with E-state index >= 15 is 0 Å². The van der Waals surface area contributed by atoms with Crippen LogP contribution in [0.5, 0.6) is 5.88 Å². The van der Waals surface area contributed by atoms with Crippen LogP contribution in [-0.2, 0) is 4.79 Å². The van der Waals surface area contributed by atoms with E-state index in [1.54, 1.807) is 13.2 Å². The molecule has 0 saturated carbocycles. The number of Topliss-reactive ketones (excluding diaryl/α,β-unsaturated/α-hetero) is 1. The molecule has 0 N–H and O–H groups in total. The Morgan fingerprint density at radius 2 is 2.17 bits per heavy atom. The molecule has 1 aromatic rings. The maximum atomic E-state index is 12.2. The summed E-state index contributed by atoms with van der Waals surface area (Å²) in [4.78, 5) is 18.7. The van der Waals surface area contributed by atoms with Crippen molar-refractivity contribution in [1.29, 1.82) is 0 Å². The van der Waals surface area contributed by atoms with Crippen LogP contribution < -0.4 is 4.74 Å². The van der Waals surface area contributed by atoms with Gasteiger partial charge in [0.1, 0.15) is 0 Å². The van der Waals surface area contributed by atoms with Crippen LogP contribution in [0.25, 0.3) is 6.08 Å². The first kappa shape index (κ1) is 11.3. The van der Waals surface area contributed by atoms with E-state index in [1.807, 2.05) is 18.2 Å². The molecule has 4 heteroatoms. The number of hydrogen-bond acceptors (Lipinski definition) is 4. The number of hydrogen-bond donors (Lipinski definition) is 0. The normalized spacial score (nSPS) is 21.7. The van der Waals surface area contributed by atoms with Crippen molar-refractivity contribution in [2.24, 2.45) is 5.92 Å². The molecule has 2 bridgehead atoms. The highest BCUT2D eigenvalue weighted by Crippen LogP contribution is 2.32. The minimum atomic E-state index is 0.229. The predicted octanol–water partition coefficient (Wildman–Crippen LogP) is 1.73. The van der Waals surface area contributed by atoms with E-state index in [-0.39, 0.29) is 11.7 Å².